The van der Waals surface area contributed by atoms with Crippen molar-refractivity contribution in [3.8, 4) is 0 Å². The van der Waals surface area contributed by atoms with Gasteiger partial charge in [0, 0.05) is 25.2 Å². The molecule has 1 aromatic rings. The monoisotopic (exact) mass is 307 g/mol. The second kappa shape index (κ2) is 9.43. The molecular weight excluding hydrogens is 278 g/mol. The SMILES string of the molecule is CC(CO)C(C)NC(=O)NC(Cc1ccccc1)CN(C)C. The minimum Gasteiger partial charge on any atom is -0.396 e. The first-order chi connectivity index (χ1) is 10.4. The minimum absolute atomic E-state index is 0.0344. The highest BCUT2D eigenvalue weighted by Gasteiger charge is 2.17. The number of hydrogen-bond acceptors (Lipinski definition) is 3. The van der Waals surface area contributed by atoms with Gasteiger partial charge in [-0.3, -0.25) is 0 Å². The Morgan fingerprint density at radius 1 is 1.18 bits per heavy atom. The standard InChI is InChI=1S/C17H29N3O2/c1-13(12-21)14(2)18-17(22)19-16(11-20(3)4)10-15-8-6-5-7-9-15/h5-9,13-14,16,21H,10-12H2,1-4H3,(H2,18,19,22). The maximum Gasteiger partial charge on any atom is 0.315 e. The molecule has 22 heavy (non-hydrogen) atoms. The molecular formula is C17H29N3O2. The Morgan fingerprint density at radius 2 is 1.82 bits per heavy atom. The van der Waals surface area contributed by atoms with Crippen LogP contribution in [0.25, 0.3) is 0 Å². The van der Waals surface area contributed by atoms with Crippen LogP contribution in [0.5, 0.6) is 0 Å². The number of urea groups is 1. The van der Waals surface area contributed by atoms with Gasteiger partial charge in [0.05, 0.1) is 0 Å². The second-order valence-corrected chi connectivity index (χ2v) is 6.22. The summed E-state index contributed by atoms with van der Waals surface area (Å²) in [4.78, 5) is 14.2. The van der Waals surface area contributed by atoms with Crippen LogP contribution in [0.15, 0.2) is 30.3 Å². The summed E-state index contributed by atoms with van der Waals surface area (Å²) in [5.41, 5.74) is 1.20. The van der Waals surface area contributed by atoms with Gasteiger partial charge in [-0.15, -0.1) is 0 Å². The number of carbonyl (C=O) groups is 1. The molecule has 0 radical (unpaired) electrons. The van der Waals surface area contributed by atoms with Gasteiger partial charge in [0.15, 0.2) is 0 Å². The molecule has 0 spiro atoms. The van der Waals surface area contributed by atoms with Crippen molar-refractivity contribution in [3.63, 3.8) is 0 Å². The number of aliphatic hydroxyl groups is 1. The van der Waals surface area contributed by atoms with Crippen LogP contribution in [-0.4, -0.2) is 55.4 Å². The highest BCUT2D eigenvalue weighted by molar-refractivity contribution is 5.74. The van der Waals surface area contributed by atoms with Gasteiger partial charge in [0.1, 0.15) is 0 Å². The number of rotatable bonds is 8. The zero-order valence-electron chi connectivity index (χ0n) is 14.0. The van der Waals surface area contributed by atoms with E-state index in [9.17, 15) is 4.79 Å². The molecule has 0 bridgehead atoms. The van der Waals surface area contributed by atoms with Crippen LogP contribution in [0, 0.1) is 5.92 Å². The lowest BCUT2D eigenvalue weighted by atomic mass is 10.0. The third kappa shape index (κ3) is 6.91. The highest BCUT2D eigenvalue weighted by atomic mass is 16.3. The number of amides is 2. The number of nitrogens with one attached hydrogen (secondary N) is 2. The normalized spacial score (nSPS) is 15.2. The first-order valence-corrected chi connectivity index (χ1v) is 7.79. The fourth-order valence-corrected chi connectivity index (χ4v) is 2.23. The number of aliphatic hydroxyl groups excluding tert-OH is 1. The van der Waals surface area contributed by atoms with E-state index in [4.69, 9.17) is 5.11 Å². The third-order valence-corrected chi connectivity index (χ3v) is 3.75. The summed E-state index contributed by atoms with van der Waals surface area (Å²) in [6.07, 6.45) is 0.788. The summed E-state index contributed by atoms with van der Waals surface area (Å²) in [6.45, 7) is 4.64. The third-order valence-electron chi connectivity index (χ3n) is 3.75. The summed E-state index contributed by atoms with van der Waals surface area (Å²) in [7, 11) is 3.99. The van der Waals surface area contributed by atoms with E-state index >= 15 is 0 Å². The lowest BCUT2D eigenvalue weighted by Gasteiger charge is -2.25. The molecule has 0 aliphatic heterocycles. The average Bonchev–Trinajstić information content (AvgIpc) is 2.46. The van der Waals surface area contributed by atoms with Crippen LogP contribution in [0.3, 0.4) is 0 Å². The highest BCUT2D eigenvalue weighted by Crippen LogP contribution is 2.05. The summed E-state index contributed by atoms with van der Waals surface area (Å²) in [5.74, 6) is 0.0344. The van der Waals surface area contributed by atoms with E-state index in [0.717, 1.165) is 13.0 Å². The zero-order chi connectivity index (χ0) is 16.5. The number of hydrogen-bond donors (Lipinski definition) is 3. The van der Waals surface area contributed by atoms with Gasteiger partial charge in [-0.25, -0.2) is 4.79 Å². The first kappa shape index (κ1) is 18.5. The van der Waals surface area contributed by atoms with Crippen molar-refractivity contribution in [1.29, 1.82) is 0 Å². The fraction of sp³-hybridized carbons (Fsp3) is 0.588. The van der Waals surface area contributed by atoms with Crippen LogP contribution < -0.4 is 10.6 Å². The van der Waals surface area contributed by atoms with Crippen LogP contribution in [0.1, 0.15) is 19.4 Å². The number of likely N-dealkylation sites (N-methyl/N-ethyl adjacent to an activating group) is 1. The minimum atomic E-state index is -0.185. The Kier molecular flexibility index (Phi) is 7.91. The molecule has 0 aliphatic carbocycles. The van der Waals surface area contributed by atoms with Gasteiger partial charge in [0.25, 0.3) is 0 Å². The lowest BCUT2D eigenvalue weighted by molar-refractivity contribution is 0.197. The van der Waals surface area contributed by atoms with Crippen molar-refractivity contribution in [2.45, 2.75) is 32.4 Å². The molecule has 124 valence electrons. The molecule has 0 aliphatic rings. The average molecular weight is 307 g/mol. The number of nitrogens with zero attached hydrogens (tertiary/aromatic N) is 1. The maximum atomic E-state index is 12.1. The van der Waals surface area contributed by atoms with Crippen molar-refractivity contribution in [2.75, 3.05) is 27.2 Å². The smallest absolute Gasteiger partial charge is 0.315 e. The molecule has 0 fully saturated rings. The summed E-state index contributed by atoms with van der Waals surface area (Å²) >= 11 is 0. The van der Waals surface area contributed by atoms with E-state index in [1.54, 1.807) is 0 Å². The van der Waals surface area contributed by atoms with Crippen molar-refractivity contribution in [2.24, 2.45) is 5.92 Å². The Morgan fingerprint density at radius 3 is 2.36 bits per heavy atom. The molecule has 3 N–H and O–H groups in total. The first-order valence-electron chi connectivity index (χ1n) is 7.79. The summed E-state index contributed by atoms with van der Waals surface area (Å²) < 4.78 is 0. The van der Waals surface area contributed by atoms with Gasteiger partial charge >= 0.3 is 6.03 Å². The molecule has 0 saturated carbocycles. The molecule has 5 nitrogen and oxygen atoms in total. The van der Waals surface area contributed by atoms with Crippen LogP contribution in [0.2, 0.25) is 0 Å². The zero-order valence-corrected chi connectivity index (χ0v) is 14.0. The van der Waals surface area contributed by atoms with E-state index in [1.165, 1.54) is 5.56 Å². The molecule has 5 heteroatoms. The van der Waals surface area contributed by atoms with E-state index in [-0.39, 0.29) is 30.6 Å². The topological polar surface area (TPSA) is 64.6 Å². The lowest BCUT2D eigenvalue weighted by Crippen LogP contribution is -2.50. The maximum absolute atomic E-state index is 12.1. The van der Waals surface area contributed by atoms with E-state index in [1.807, 2.05) is 46.1 Å². The molecule has 1 aromatic carbocycles. The van der Waals surface area contributed by atoms with Crippen LogP contribution in [0.4, 0.5) is 4.79 Å². The van der Waals surface area contributed by atoms with Crippen LogP contribution in [-0.2, 0) is 6.42 Å². The Bertz CT molecular complexity index is 437. The van der Waals surface area contributed by atoms with Gasteiger partial charge in [-0.2, -0.15) is 0 Å². The Balaban J connectivity index is 2.59. The van der Waals surface area contributed by atoms with E-state index < -0.39 is 0 Å². The van der Waals surface area contributed by atoms with E-state index in [2.05, 4.69) is 27.7 Å². The molecule has 3 atom stereocenters. The predicted octanol–water partition coefficient (Wildman–Crippen LogP) is 1.48. The Hall–Kier alpha value is -1.59. The molecule has 2 amide bonds. The predicted molar refractivity (Wildman–Crippen MR) is 89.9 cm³/mol. The molecule has 3 unspecified atom stereocenters. The number of carbonyl (C=O) groups excluding carboxylic acids is 1. The van der Waals surface area contributed by atoms with Crippen LogP contribution >= 0.6 is 0 Å². The van der Waals surface area contributed by atoms with Crippen molar-refractivity contribution < 1.29 is 9.90 Å². The van der Waals surface area contributed by atoms with Gasteiger partial charge < -0.3 is 20.6 Å². The Labute approximate surface area is 133 Å². The number of benzene rings is 1. The van der Waals surface area contributed by atoms with Crippen molar-refractivity contribution in [3.05, 3.63) is 35.9 Å². The molecule has 0 saturated heterocycles. The van der Waals surface area contributed by atoms with E-state index in [0.29, 0.717) is 0 Å². The molecule has 0 aromatic heterocycles. The largest absolute Gasteiger partial charge is 0.396 e. The van der Waals surface area contributed by atoms with Crippen molar-refractivity contribution >= 4 is 6.03 Å². The summed E-state index contributed by atoms with van der Waals surface area (Å²) in [5, 5.41) is 15.1. The molecule has 0 heterocycles. The molecule has 1 rings (SSSR count). The second-order valence-electron chi connectivity index (χ2n) is 6.22. The van der Waals surface area contributed by atoms with Crippen molar-refractivity contribution in [1.82, 2.24) is 15.5 Å². The summed E-state index contributed by atoms with van der Waals surface area (Å²) in [6, 6.07) is 9.92. The van der Waals surface area contributed by atoms with Gasteiger partial charge in [-0.1, -0.05) is 37.3 Å². The van der Waals surface area contributed by atoms with Gasteiger partial charge in [-0.05, 0) is 38.9 Å². The fourth-order valence-electron chi connectivity index (χ4n) is 2.23. The quantitative estimate of drug-likeness (QED) is 0.681. The van der Waals surface area contributed by atoms with Gasteiger partial charge in [0.2, 0.25) is 0 Å².